The summed E-state index contributed by atoms with van der Waals surface area (Å²) in [5.74, 6) is 0.643. The number of nitrogens with zero attached hydrogens (tertiary/aromatic N) is 2. The fourth-order valence-corrected chi connectivity index (χ4v) is 5.33. The lowest BCUT2D eigenvalue weighted by molar-refractivity contribution is -0.142. The van der Waals surface area contributed by atoms with Crippen molar-refractivity contribution in [2.24, 2.45) is 0 Å². The van der Waals surface area contributed by atoms with Crippen LogP contribution in [0.5, 0.6) is 5.75 Å². The van der Waals surface area contributed by atoms with Crippen LogP contribution < -0.4 is 4.74 Å². The van der Waals surface area contributed by atoms with Crippen LogP contribution in [-0.2, 0) is 22.4 Å². The Kier molecular flexibility index (Phi) is 8.25. The second-order valence-corrected chi connectivity index (χ2v) is 9.83. The first-order valence-electron chi connectivity index (χ1n) is 11.6. The highest BCUT2D eigenvalue weighted by atomic mass is 35.5. The van der Waals surface area contributed by atoms with E-state index in [0.29, 0.717) is 36.9 Å². The summed E-state index contributed by atoms with van der Waals surface area (Å²) in [6, 6.07) is 18.8. The summed E-state index contributed by atoms with van der Waals surface area (Å²) >= 11 is 7.71. The lowest BCUT2D eigenvalue weighted by Gasteiger charge is -2.37. The normalized spacial score (nSPS) is 15.0. The summed E-state index contributed by atoms with van der Waals surface area (Å²) in [6.45, 7) is 3.63. The molecule has 0 fully saturated rings. The molecule has 4 rings (SSSR count). The number of hydrogen-bond acceptors (Lipinski definition) is 4. The second kappa shape index (κ2) is 11.5. The molecule has 7 heteroatoms. The third-order valence-electron chi connectivity index (χ3n) is 6.01. The molecule has 1 atom stereocenters. The molecule has 0 spiro atoms. The molecule has 0 radical (unpaired) electrons. The van der Waals surface area contributed by atoms with Crippen molar-refractivity contribution in [3.8, 4) is 5.75 Å². The number of thiophene rings is 1. The van der Waals surface area contributed by atoms with Crippen molar-refractivity contribution in [3.63, 3.8) is 0 Å². The van der Waals surface area contributed by atoms with Crippen LogP contribution in [0.15, 0.2) is 66.0 Å². The van der Waals surface area contributed by atoms with Crippen LogP contribution in [0.1, 0.15) is 35.4 Å². The van der Waals surface area contributed by atoms with Crippen molar-refractivity contribution in [1.82, 2.24) is 9.80 Å². The van der Waals surface area contributed by atoms with Crippen LogP contribution in [0.2, 0.25) is 5.02 Å². The molecule has 178 valence electrons. The van der Waals surface area contributed by atoms with E-state index < -0.39 is 0 Å². The molecule has 1 aliphatic heterocycles. The van der Waals surface area contributed by atoms with Gasteiger partial charge < -0.3 is 14.5 Å². The molecule has 5 nitrogen and oxygen atoms in total. The summed E-state index contributed by atoms with van der Waals surface area (Å²) < 4.78 is 6.06. The van der Waals surface area contributed by atoms with Gasteiger partial charge in [0, 0.05) is 23.0 Å². The maximum atomic E-state index is 13.5. The van der Waals surface area contributed by atoms with Crippen LogP contribution in [0.3, 0.4) is 0 Å². The topological polar surface area (TPSA) is 49.9 Å². The van der Waals surface area contributed by atoms with E-state index in [1.54, 1.807) is 28.4 Å². The Morgan fingerprint density at radius 2 is 1.88 bits per heavy atom. The van der Waals surface area contributed by atoms with E-state index in [0.717, 1.165) is 24.0 Å². The van der Waals surface area contributed by atoms with Crippen molar-refractivity contribution < 1.29 is 14.3 Å². The largest absolute Gasteiger partial charge is 0.491 e. The molecule has 34 heavy (non-hydrogen) atoms. The highest BCUT2D eigenvalue weighted by Crippen LogP contribution is 2.34. The zero-order chi connectivity index (χ0) is 23.9. The number of ether oxygens (including phenoxy) is 1. The zero-order valence-electron chi connectivity index (χ0n) is 19.3. The highest BCUT2D eigenvalue weighted by Gasteiger charge is 2.33. The minimum atomic E-state index is -0.189. The predicted octanol–water partition coefficient (Wildman–Crippen LogP) is 5.39. The third-order valence-corrected chi connectivity index (χ3v) is 7.26. The van der Waals surface area contributed by atoms with Gasteiger partial charge in [0.05, 0.1) is 19.0 Å². The minimum absolute atomic E-state index is 0.0244. The van der Waals surface area contributed by atoms with Crippen molar-refractivity contribution in [3.05, 3.63) is 87.1 Å². The minimum Gasteiger partial charge on any atom is -0.491 e. The van der Waals surface area contributed by atoms with E-state index in [2.05, 4.69) is 11.4 Å². The maximum Gasteiger partial charge on any atom is 0.242 e. The van der Waals surface area contributed by atoms with Crippen molar-refractivity contribution >= 4 is 34.8 Å². The number of carbonyl (C=O) groups is 2. The molecule has 2 amide bonds. The van der Waals surface area contributed by atoms with E-state index in [4.69, 9.17) is 16.3 Å². The quantitative estimate of drug-likeness (QED) is 0.399. The smallest absolute Gasteiger partial charge is 0.242 e. The summed E-state index contributed by atoms with van der Waals surface area (Å²) in [4.78, 5) is 31.4. The van der Waals surface area contributed by atoms with E-state index >= 15 is 0 Å². The average Bonchev–Trinajstić information content (AvgIpc) is 3.33. The second-order valence-electron chi connectivity index (χ2n) is 8.39. The number of amides is 2. The molecule has 1 aromatic heterocycles. The van der Waals surface area contributed by atoms with E-state index in [1.807, 2.05) is 54.3 Å². The molecule has 0 bridgehead atoms. The number of hydrogen-bond donors (Lipinski definition) is 0. The number of fused-ring (bicyclic) bond motifs is 1. The monoisotopic (exact) mass is 496 g/mol. The first-order valence-corrected chi connectivity index (χ1v) is 12.9. The number of halogens is 1. The van der Waals surface area contributed by atoms with Crippen LogP contribution in [0.4, 0.5) is 0 Å². The molecule has 1 aliphatic rings. The first kappa shape index (κ1) is 24.3. The third kappa shape index (κ3) is 5.99. The Balaban J connectivity index is 1.47. The molecule has 0 saturated heterocycles. The van der Waals surface area contributed by atoms with Gasteiger partial charge in [0.25, 0.3) is 0 Å². The molecule has 1 unspecified atom stereocenters. The van der Waals surface area contributed by atoms with Gasteiger partial charge in [-0.15, -0.1) is 11.3 Å². The number of benzene rings is 2. The molecule has 2 aromatic carbocycles. The van der Waals surface area contributed by atoms with Crippen molar-refractivity contribution in [1.29, 1.82) is 0 Å². The molecule has 3 aromatic rings. The summed E-state index contributed by atoms with van der Waals surface area (Å²) in [6.07, 6.45) is 1.92. The van der Waals surface area contributed by atoms with Gasteiger partial charge in [-0.2, -0.15) is 0 Å². The van der Waals surface area contributed by atoms with Gasteiger partial charge in [-0.25, -0.2) is 0 Å². The fourth-order valence-electron chi connectivity index (χ4n) is 4.28. The highest BCUT2D eigenvalue weighted by molar-refractivity contribution is 7.10. The Hall–Kier alpha value is -2.83. The van der Waals surface area contributed by atoms with Crippen LogP contribution in [-0.4, -0.2) is 47.9 Å². The zero-order valence-corrected chi connectivity index (χ0v) is 20.9. The maximum absolute atomic E-state index is 13.5. The summed E-state index contributed by atoms with van der Waals surface area (Å²) in [7, 11) is 0. The van der Waals surface area contributed by atoms with Gasteiger partial charge in [-0.05, 0) is 59.7 Å². The molecule has 0 saturated carbocycles. The SMILES string of the molecule is CCCN(CC(=O)N1CCc2sccc2C1COc1ccc(Cl)cc1)C(=O)Cc1ccccc1. The fraction of sp³-hybridized carbons (Fsp3) is 0.333. The van der Waals surface area contributed by atoms with Crippen molar-refractivity contribution in [2.75, 3.05) is 26.2 Å². The van der Waals surface area contributed by atoms with Gasteiger partial charge in [0.2, 0.25) is 11.8 Å². The first-order chi connectivity index (χ1) is 16.5. The molecule has 0 N–H and O–H groups in total. The van der Waals surface area contributed by atoms with Gasteiger partial charge in [-0.3, -0.25) is 9.59 Å². The Labute approximate surface area is 209 Å². The average molecular weight is 497 g/mol. The van der Waals surface area contributed by atoms with Crippen LogP contribution >= 0.6 is 22.9 Å². The summed E-state index contributed by atoms with van der Waals surface area (Å²) in [5.41, 5.74) is 2.09. The number of carbonyl (C=O) groups excluding carboxylic acids is 2. The lowest BCUT2D eigenvalue weighted by atomic mass is 10.0. The molecular formula is C27H29ClN2O3S. The molecule has 0 aliphatic carbocycles. The van der Waals surface area contributed by atoms with Gasteiger partial charge >= 0.3 is 0 Å². The number of rotatable bonds is 9. The Morgan fingerprint density at radius 1 is 1.12 bits per heavy atom. The van der Waals surface area contributed by atoms with E-state index in [1.165, 1.54) is 4.88 Å². The predicted molar refractivity (Wildman–Crippen MR) is 136 cm³/mol. The summed E-state index contributed by atoms with van der Waals surface area (Å²) in [5, 5.41) is 2.72. The molecular weight excluding hydrogens is 468 g/mol. The lowest BCUT2D eigenvalue weighted by Crippen LogP contribution is -2.48. The van der Waals surface area contributed by atoms with Gasteiger partial charge in [0.1, 0.15) is 12.4 Å². The Morgan fingerprint density at radius 3 is 2.62 bits per heavy atom. The van der Waals surface area contributed by atoms with E-state index in [-0.39, 0.29) is 24.4 Å². The van der Waals surface area contributed by atoms with Gasteiger partial charge in [0.15, 0.2) is 0 Å². The van der Waals surface area contributed by atoms with Crippen molar-refractivity contribution in [2.45, 2.75) is 32.2 Å². The van der Waals surface area contributed by atoms with Crippen LogP contribution in [0, 0.1) is 0 Å². The van der Waals surface area contributed by atoms with E-state index in [9.17, 15) is 9.59 Å². The van der Waals surface area contributed by atoms with Gasteiger partial charge in [-0.1, -0.05) is 48.9 Å². The standard InChI is InChI=1S/C27H29ClN2O3S/c1-2-14-29(26(31)17-20-6-4-3-5-7-20)18-27(32)30-15-12-25-23(13-16-34-25)24(30)19-33-22-10-8-21(28)9-11-22/h3-11,13,16,24H,2,12,14-15,17-19H2,1H3. The molecule has 2 heterocycles. The Bertz CT molecular complexity index is 1100. The van der Waals surface area contributed by atoms with Crippen LogP contribution in [0.25, 0.3) is 0 Å².